The average Bonchev–Trinajstić information content (AvgIpc) is 3.65. The van der Waals surface area contributed by atoms with Crippen LogP contribution in [0.3, 0.4) is 0 Å². The molecular formula is C26H27N3O3. The summed E-state index contributed by atoms with van der Waals surface area (Å²) < 4.78 is 4.90. The van der Waals surface area contributed by atoms with Gasteiger partial charge in [-0.3, -0.25) is 4.79 Å². The molecular weight excluding hydrogens is 402 g/mol. The first-order valence-electron chi connectivity index (χ1n) is 10.8. The van der Waals surface area contributed by atoms with Crippen LogP contribution >= 0.6 is 0 Å². The van der Waals surface area contributed by atoms with Crippen molar-refractivity contribution in [3.8, 4) is 11.1 Å². The molecule has 1 aromatic heterocycles. The molecule has 1 heterocycles. The molecule has 2 N–H and O–H groups in total. The van der Waals surface area contributed by atoms with Crippen LogP contribution in [0.15, 0.2) is 54.6 Å². The van der Waals surface area contributed by atoms with Gasteiger partial charge in [-0.1, -0.05) is 42.5 Å². The molecule has 32 heavy (non-hydrogen) atoms. The Kier molecular flexibility index (Phi) is 6.21. The second-order valence-electron chi connectivity index (χ2n) is 8.16. The molecule has 1 saturated carbocycles. The third-order valence-corrected chi connectivity index (χ3v) is 5.60. The SMILES string of the molecule is COC(=O)c1ccccc1-c1ccc(CNc2nc(C)cc(C)c2NC(=O)C2CC2)cc1. The van der Waals surface area contributed by atoms with Crippen molar-refractivity contribution in [3.05, 3.63) is 77.0 Å². The molecule has 0 unspecified atom stereocenters. The van der Waals surface area contributed by atoms with Gasteiger partial charge in [0.15, 0.2) is 5.82 Å². The minimum atomic E-state index is -0.354. The van der Waals surface area contributed by atoms with E-state index in [0.717, 1.165) is 46.5 Å². The summed E-state index contributed by atoms with van der Waals surface area (Å²) in [5, 5.41) is 6.42. The highest BCUT2D eigenvalue weighted by Crippen LogP contribution is 2.33. The van der Waals surface area contributed by atoms with E-state index < -0.39 is 0 Å². The second kappa shape index (κ2) is 9.22. The minimum absolute atomic E-state index is 0.0652. The monoisotopic (exact) mass is 429 g/mol. The predicted molar refractivity (Wildman–Crippen MR) is 126 cm³/mol. The molecule has 164 valence electrons. The van der Waals surface area contributed by atoms with Crippen LogP contribution in [-0.4, -0.2) is 24.0 Å². The Morgan fingerprint density at radius 1 is 1.06 bits per heavy atom. The lowest BCUT2D eigenvalue weighted by Crippen LogP contribution is -2.17. The van der Waals surface area contributed by atoms with Gasteiger partial charge in [0.1, 0.15) is 0 Å². The topological polar surface area (TPSA) is 80.3 Å². The number of carbonyl (C=O) groups excluding carboxylic acids is 2. The van der Waals surface area contributed by atoms with Crippen LogP contribution in [0.4, 0.5) is 11.5 Å². The van der Waals surface area contributed by atoms with Gasteiger partial charge in [0.05, 0.1) is 18.4 Å². The van der Waals surface area contributed by atoms with Crippen LogP contribution < -0.4 is 10.6 Å². The molecule has 0 radical (unpaired) electrons. The van der Waals surface area contributed by atoms with E-state index in [1.54, 1.807) is 6.07 Å². The fourth-order valence-electron chi connectivity index (χ4n) is 3.70. The number of nitrogens with one attached hydrogen (secondary N) is 2. The second-order valence-corrected chi connectivity index (χ2v) is 8.16. The first kappa shape index (κ1) is 21.6. The van der Waals surface area contributed by atoms with Gasteiger partial charge in [-0.2, -0.15) is 0 Å². The third-order valence-electron chi connectivity index (χ3n) is 5.60. The van der Waals surface area contributed by atoms with Crippen molar-refractivity contribution in [1.29, 1.82) is 0 Å². The van der Waals surface area contributed by atoms with Crippen molar-refractivity contribution in [2.75, 3.05) is 17.7 Å². The lowest BCUT2D eigenvalue weighted by molar-refractivity contribution is -0.117. The van der Waals surface area contributed by atoms with Crippen molar-refractivity contribution >= 4 is 23.4 Å². The van der Waals surface area contributed by atoms with Crippen molar-refractivity contribution < 1.29 is 14.3 Å². The fraction of sp³-hybridized carbons (Fsp3) is 0.269. The summed E-state index contributed by atoms with van der Waals surface area (Å²) in [5.41, 5.74) is 6.00. The number of ether oxygens (including phenoxy) is 1. The summed E-state index contributed by atoms with van der Waals surface area (Å²) in [6, 6.07) is 17.4. The molecule has 0 aliphatic heterocycles. The summed E-state index contributed by atoms with van der Waals surface area (Å²) in [5.74, 6) is 0.518. The molecule has 2 aromatic carbocycles. The molecule has 3 aromatic rings. The zero-order chi connectivity index (χ0) is 22.7. The van der Waals surface area contributed by atoms with Crippen molar-refractivity contribution in [1.82, 2.24) is 4.98 Å². The maximum absolute atomic E-state index is 12.3. The number of methoxy groups -OCH3 is 1. The highest BCUT2D eigenvalue weighted by atomic mass is 16.5. The Morgan fingerprint density at radius 2 is 1.78 bits per heavy atom. The van der Waals surface area contributed by atoms with E-state index in [9.17, 15) is 9.59 Å². The smallest absolute Gasteiger partial charge is 0.338 e. The number of anilines is 2. The van der Waals surface area contributed by atoms with E-state index in [-0.39, 0.29) is 17.8 Å². The van der Waals surface area contributed by atoms with Crippen LogP contribution in [0.2, 0.25) is 0 Å². The van der Waals surface area contributed by atoms with Gasteiger partial charge in [-0.25, -0.2) is 9.78 Å². The predicted octanol–water partition coefficient (Wildman–Crippen LogP) is 5.11. The molecule has 4 rings (SSSR count). The quantitative estimate of drug-likeness (QED) is 0.510. The molecule has 1 fully saturated rings. The number of esters is 1. The number of nitrogens with zero attached hydrogens (tertiary/aromatic N) is 1. The number of hydrogen-bond acceptors (Lipinski definition) is 5. The molecule has 6 nitrogen and oxygen atoms in total. The molecule has 0 atom stereocenters. The summed E-state index contributed by atoms with van der Waals surface area (Å²) in [6.07, 6.45) is 1.91. The van der Waals surface area contributed by atoms with E-state index in [4.69, 9.17) is 4.74 Å². The highest BCUT2D eigenvalue weighted by molar-refractivity contribution is 5.98. The summed E-state index contributed by atoms with van der Waals surface area (Å²) >= 11 is 0. The Balaban J connectivity index is 1.51. The van der Waals surface area contributed by atoms with Crippen molar-refractivity contribution in [2.24, 2.45) is 5.92 Å². The van der Waals surface area contributed by atoms with Crippen LogP contribution in [0, 0.1) is 19.8 Å². The Hall–Kier alpha value is -3.67. The summed E-state index contributed by atoms with van der Waals surface area (Å²) in [4.78, 5) is 29.0. The number of pyridine rings is 1. The number of amides is 1. The summed E-state index contributed by atoms with van der Waals surface area (Å²) in [6.45, 7) is 4.48. The highest BCUT2D eigenvalue weighted by Gasteiger charge is 2.30. The van der Waals surface area contributed by atoms with Gasteiger partial charge in [-0.15, -0.1) is 0 Å². The minimum Gasteiger partial charge on any atom is -0.465 e. The van der Waals surface area contributed by atoms with Crippen LogP contribution in [0.1, 0.15) is 40.0 Å². The number of carbonyl (C=O) groups is 2. The molecule has 1 amide bonds. The average molecular weight is 430 g/mol. The number of aryl methyl sites for hydroxylation is 2. The van der Waals surface area contributed by atoms with E-state index in [2.05, 4.69) is 15.6 Å². The zero-order valence-corrected chi connectivity index (χ0v) is 18.6. The lowest BCUT2D eigenvalue weighted by atomic mass is 9.98. The Labute approximate surface area is 188 Å². The van der Waals surface area contributed by atoms with Gasteiger partial charge in [0.25, 0.3) is 0 Å². The van der Waals surface area contributed by atoms with Gasteiger partial charge in [0.2, 0.25) is 5.91 Å². The van der Waals surface area contributed by atoms with Crippen molar-refractivity contribution in [2.45, 2.75) is 33.2 Å². The molecule has 0 saturated heterocycles. The van der Waals surface area contributed by atoms with E-state index in [1.807, 2.05) is 62.4 Å². The van der Waals surface area contributed by atoms with Crippen LogP contribution in [0.5, 0.6) is 0 Å². The molecule has 1 aliphatic rings. The standard InChI is InChI=1S/C26H27N3O3/c1-16-14-17(2)28-24(23(16)29-25(30)20-12-13-20)27-15-18-8-10-19(11-9-18)21-6-4-5-7-22(21)26(31)32-3/h4-11,14,20H,12-13,15H2,1-3H3,(H,27,28)(H,29,30). The Morgan fingerprint density at radius 3 is 2.47 bits per heavy atom. The van der Waals surface area contributed by atoms with Crippen LogP contribution in [0.25, 0.3) is 11.1 Å². The van der Waals surface area contributed by atoms with Gasteiger partial charge in [0, 0.05) is 18.2 Å². The number of aromatic nitrogens is 1. The first-order chi connectivity index (χ1) is 15.5. The number of rotatable bonds is 7. The fourth-order valence-corrected chi connectivity index (χ4v) is 3.70. The largest absolute Gasteiger partial charge is 0.465 e. The maximum Gasteiger partial charge on any atom is 0.338 e. The maximum atomic E-state index is 12.3. The molecule has 0 spiro atoms. The number of hydrogen-bond donors (Lipinski definition) is 2. The van der Waals surface area contributed by atoms with E-state index in [0.29, 0.717) is 17.9 Å². The molecule has 1 aliphatic carbocycles. The Bertz CT molecular complexity index is 1150. The molecule has 0 bridgehead atoms. The normalized spacial score (nSPS) is 12.8. The van der Waals surface area contributed by atoms with E-state index >= 15 is 0 Å². The van der Waals surface area contributed by atoms with E-state index in [1.165, 1.54) is 7.11 Å². The first-order valence-corrected chi connectivity index (χ1v) is 10.8. The lowest BCUT2D eigenvalue weighted by Gasteiger charge is -2.16. The van der Waals surface area contributed by atoms with Crippen LogP contribution in [-0.2, 0) is 16.1 Å². The molecule has 6 heteroatoms. The van der Waals surface area contributed by atoms with Crippen molar-refractivity contribution in [3.63, 3.8) is 0 Å². The van der Waals surface area contributed by atoms with Gasteiger partial charge in [-0.05, 0) is 61.1 Å². The zero-order valence-electron chi connectivity index (χ0n) is 18.6. The number of benzene rings is 2. The third kappa shape index (κ3) is 4.80. The van der Waals surface area contributed by atoms with Gasteiger partial charge < -0.3 is 15.4 Å². The summed E-state index contributed by atoms with van der Waals surface area (Å²) in [7, 11) is 1.39. The van der Waals surface area contributed by atoms with Gasteiger partial charge >= 0.3 is 5.97 Å².